The number of pyridine rings is 1. The molecule has 0 amide bonds. The summed E-state index contributed by atoms with van der Waals surface area (Å²) in [4.78, 5) is 8.04. The van der Waals surface area contributed by atoms with Crippen LogP contribution in [0, 0.1) is 0 Å². The molecule has 0 aliphatic heterocycles. The Morgan fingerprint density at radius 2 is 1.78 bits per heavy atom. The lowest BCUT2D eigenvalue weighted by Crippen LogP contribution is -2.28. The van der Waals surface area contributed by atoms with Crippen molar-refractivity contribution in [3.63, 3.8) is 0 Å². The molecule has 1 N–H and O–H groups in total. The molecule has 0 aliphatic rings. The van der Waals surface area contributed by atoms with Crippen LogP contribution < -0.4 is 0 Å². The average Bonchev–Trinajstić information content (AvgIpc) is 3.08. The second-order valence-electron chi connectivity index (χ2n) is 5.28. The van der Waals surface area contributed by atoms with Crippen molar-refractivity contribution in [3.8, 4) is 0 Å². The Balaban J connectivity index is 1.93. The van der Waals surface area contributed by atoms with E-state index in [-0.39, 0.29) is 0 Å². The number of benzene rings is 1. The van der Waals surface area contributed by atoms with Crippen molar-refractivity contribution < 1.29 is 5.11 Å². The van der Waals surface area contributed by atoms with Crippen molar-refractivity contribution >= 4 is 17.7 Å². The molecule has 5 heteroatoms. The van der Waals surface area contributed by atoms with Gasteiger partial charge in [-0.25, -0.2) is 4.98 Å². The number of aromatic nitrogens is 3. The quantitative estimate of drug-likeness (QED) is 0.780. The first-order valence-corrected chi connectivity index (χ1v) is 7.57. The highest BCUT2D eigenvalue weighted by atomic mass is 35.5. The number of hydrogen-bond donors (Lipinski definition) is 1. The van der Waals surface area contributed by atoms with E-state index in [1.807, 2.05) is 53.2 Å². The summed E-state index contributed by atoms with van der Waals surface area (Å²) in [5.41, 5.74) is 0.572. The van der Waals surface area contributed by atoms with Gasteiger partial charge in [0.2, 0.25) is 0 Å². The molecule has 1 unspecified atom stereocenters. The van der Waals surface area contributed by atoms with Gasteiger partial charge in [-0.05, 0) is 41.5 Å². The maximum Gasteiger partial charge on any atom is 0.126 e. The maximum atomic E-state index is 11.2. The fourth-order valence-electron chi connectivity index (χ4n) is 2.35. The molecule has 0 fully saturated rings. The van der Waals surface area contributed by atoms with Crippen LogP contribution in [-0.4, -0.2) is 19.6 Å². The van der Waals surface area contributed by atoms with E-state index < -0.39 is 5.60 Å². The zero-order chi connectivity index (χ0) is 16.1. The predicted octanol–water partition coefficient (Wildman–Crippen LogP) is 3.53. The summed E-state index contributed by atoms with van der Waals surface area (Å²) in [6, 6.07) is 11.1. The summed E-state index contributed by atoms with van der Waals surface area (Å²) in [6.07, 6.45) is 12.2. The lowest BCUT2D eigenvalue weighted by Gasteiger charge is -2.25. The molecule has 23 heavy (non-hydrogen) atoms. The maximum absolute atomic E-state index is 11.2. The molecule has 3 aromatic rings. The molecule has 0 aliphatic carbocycles. The Labute approximate surface area is 139 Å². The van der Waals surface area contributed by atoms with Crippen LogP contribution in [-0.2, 0) is 12.1 Å². The topological polar surface area (TPSA) is 50.9 Å². The smallest absolute Gasteiger partial charge is 0.126 e. The molecule has 0 saturated heterocycles. The van der Waals surface area contributed by atoms with Crippen LogP contribution in [0.1, 0.15) is 11.1 Å². The van der Waals surface area contributed by atoms with E-state index in [0.717, 1.165) is 11.1 Å². The van der Waals surface area contributed by atoms with Crippen LogP contribution in [0.25, 0.3) is 6.08 Å². The van der Waals surface area contributed by atoms with Crippen LogP contribution in [0.4, 0.5) is 0 Å². The lowest BCUT2D eigenvalue weighted by molar-refractivity contribution is 0.0703. The average molecular weight is 326 g/mol. The van der Waals surface area contributed by atoms with Crippen LogP contribution in [0.15, 0.2) is 73.6 Å². The third kappa shape index (κ3) is 3.86. The minimum absolute atomic E-state index is 0.362. The summed E-state index contributed by atoms with van der Waals surface area (Å²) in [5.74, 6) is 0. The van der Waals surface area contributed by atoms with Gasteiger partial charge in [0.15, 0.2) is 0 Å². The number of halogens is 1. The molecule has 2 aromatic heterocycles. The van der Waals surface area contributed by atoms with Crippen molar-refractivity contribution in [2.75, 3.05) is 0 Å². The summed E-state index contributed by atoms with van der Waals surface area (Å²) >= 11 is 5.90. The van der Waals surface area contributed by atoms with E-state index in [4.69, 9.17) is 11.6 Å². The van der Waals surface area contributed by atoms with Crippen LogP contribution in [0.2, 0.25) is 5.02 Å². The number of nitrogens with zero attached hydrogens (tertiary/aromatic N) is 3. The second kappa shape index (κ2) is 6.77. The Morgan fingerprint density at radius 3 is 2.43 bits per heavy atom. The fraction of sp³-hybridized carbons (Fsp3) is 0.111. The van der Waals surface area contributed by atoms with Gasteiger partial charge < -0.3 is 9.67 Å². The van der Waals surface area contributed by atoms with Crippen molar-refractivity contribution in [3.05, 3.63) is 89.7 Å². The Morgan fingerprint density at radius 1 is 1.04 bits per heavy atom. The molecule has 0 spiro atoms. The highest BCUT2D eigenvalue weighted by Gasteiger charge is 2.26. The van der Waals surface area contributed by atoms with Crippen molar-refractivity contribution in [1.29, 1.82) is 0 Å². The largest absolute Gasteiger partial charge is 0.379 e. The second-order valence-corrected chi connectivity index (χ2v) is 5.72. The van der Waals surface area contributed by atoms with E-state index in [1.165, 1.54) is 0 Å². The molecule has 116 valence electrons. The van der Waals surface area contributed by atoms with E-state index >= 15 is 0 Å². The minimum Gasteiger partial charge on any atom is -0.379 e. The normalized spacial score (nSPS) is 14.0. The summed E-state index contributed by atoms with van der Waals surface area (Å²) < 4.78 is 1.84. The molecule has 0 bridgehead atoms. The summed E-state index contributed by atoms with van der Waals surface area (Å²) in [6.45, 7) is 0.362. The van der Waals surface area contributed by atoms with Gasteiger partial charge >= 0.3 is 0 Å². The number of hydrogen-bond acceptors (Lipinski definition) is 3. The van der Waals surface area contributed by atoms with Gasteiger partial charge in [0.25, 0.3) is 0 Å². The molecule has 1 aromatic carbocycles. The van der Waals surface area contributed by atoms with E-state index in [9.17, 15) is 5.11 Å². The minimum atomic E-state index is -1.16. The Bertz CT molecular complexity index is 770. The van der Waals surface area contributed by atoms with Gasteiger partial charge in [-0.1, -0.05) is 29.8 Å². The van der Waals surface area contributed by atoms with Crippen molar-refractivity contribution in [1.82, 2.24) is 14.5 Å². The molecular weight excluding hydrogens is 310 g/mol. The zero-order valence-corrected chi connectivity index (χ0v) is 13.1. The van der Waals surface area contributed by atoms with Gasteiger partial charge in [0, 0.05) is 29.8 Å². The van der Waals surface area contributed by atoms with Gasteiger partial charge in [-0.2, -0.15) is 0 Å². The highest BCUT2D eigenvalue weighted by molar-refractivity contribution is 6.30. The Kier molecular flexibility index (Phi) is 4.55. The molecule has 4 nitrogen and oxygen atoms in total. The van der Waals surface area contributed by atoms with Gasteiger partial charge in [-0.3, -0.25) is 4.98 Å². The predicted molar refractivity (Wildman–Crippen MR) is 90.8 cm³/mol. The van der Waals surface area contributed by atoms with Crippen LogP contribution in [0.5, 0.6) is 0 Å². The van der Waals surface area contributed by atoms with Gasteiger partial charge in [0.05, 0.1) is 12.9 Å². The van der Waals surface area contributed by atoms with E-state index in [0.29, 0.717) is 11.6 Å². The third-order valence-corrected chi connectivity index (χ3v) is 3.84. The highest BCUT2D eigenvalue weighted by Crippen LogP contribution is 2.26. The first-order chi connectivity index (χ1) is 11.2. The number of imidazole rings is 1. The lowest BCUT2D eigenvalue weighted by atomic mass is 9.93. The molecule has 0 saturated carbocycles. The number of aliphatic hydroxyl groups is 1. The third-order valence-electron chi connectivity index (χ3n) is 3.58. The SMILES string of the molecule is OC(/C=C/c1ccc(Cl)cc1)(Cn1ccnc1)c1ccncc1. The van der Waals surface area contributed by atoms with Gasteiger partial charge in [0.1, 0.15) is 5.60 Å². The van der Waals surface area contributed by atoms with Crippen molar-refractivity contribution in [2.45, 2.75) is 12.1 Å². The van der Waals surface area contributed by atoms with E-state index in [2.05, 4.69) is 9.97 Å². The van der Waals surface area contributed by atoms with Crippen LogP contribution >= 0.6 is 11.6 Å². The Hall–Kier alpha value is -2.43. The first-order valence-electron chi connectivity index (χ1n) is 7.19. The standard InChI is InChI=1S/C18H16ClN3O/c19-17-3-1-15(2-4-17)5-8-18(23,13-22-12-11-21-14-22)16-6-9-20-10-7-16/h1-12,14,23H,13H2/b8-5+. The first kappa shape index (κ1) is 15.5. The fourth-order valence-corrected chi connectivity index (χ4v) is 2.47. The van der Waals surface area contributed by atoms with Gasteiger partial charge in [-0.15, -0.1) is 0 Å². The monoisotopic (exact) mass is 325 g/mol. The summed E-state index contributed by atoms with van der Waals surface area (Å²) in [5, 5.41) is 11.9. The zero-order valence-electron chi connectivity index (χ0n) is 12.4. The molecule has 2 heterocycles. The molecule has 1 atom stereocenters. The van der Waals surface area contributed by atoms with Crippen LogP contribution in [0.3, 0.4) is 0 Å². The van der Waals surface area contributed by atoms with E-state index in [1.54, 1.807) is 31.0 Å². The van der Waals surface area contributed by atoms with Crippen molar-refractivity contribution in [2.24, 2.45) is 0 Å². The molecule has 3 rings (SSSR count). The molecule has 0 radical (unpaired) electrons. The number of rotatable bonds is 5. The molecular formula is C18H16ClN3O. The summed E-state index contributed by atoms with van der Waals surface area (Å²) in [7, 11) is 0.